The number of nitrogens with one attached hydrogen (secondary N) is 4. The number of aromatic carboxylic acids is 2. The first-order valence-electron chi connectivity index (χ1n) is 21.0. The van der Waals surface area contributed by atoms with Gasteiger partial charge in [0.05, 0.1) is 53.5 Å². The van der Waals surface area contributed by atoms with Crippen LogP contribution in [-0.4, -0.2) is 111 Å². The van der Waals surface area contributed by atoms with Crippen LogP contribution in [0.4, 0.5) is 46.0 Å². The number of anilines is 6. The van der Waals surface area contributed by atoms with Crippen LogP contribution < -0.4 is 21.5 Å². The lowest BCUT2D eigenvalue weighted by molar-refractivity contribution is 0.0687. The summed E-state index contributed by atoms with van der Waals surface area (Å²) in [5.41, 5.74) is 0.365. The zero-order valence-electron chi connectivity index (χ0n) is 38.7. The van der Waals surface area contributed by atoms with Gasteiger partial charge in [0.2, 0.25) is 28.9 Å². The summed E-state index contributed by atoms with van der Waals surface area (Å²) in [5, 5.41) is 70.1. The van der Waals surface area contributed by atoms with E-state index in [4.69, 9.17) is 11.6 Å². The number of nitrogens with zero attached hydrogens (tertiary/aromatic N) is 9. The summed E-state index contributed by atoms with van der Waals surface area (Å²) in [6.45, 7) is 0. The van der Waals surface area contributed by atoms with Gasteiger partial charge in [-0.05, 0) is 72.3 Å². The molecular formula is C43H32ClN13O18S4. The van der Waals surface area contributed by atoms with Crippen LogP contribution in [0, 0.1) is 0 Å². The molecule has 7 aromatic rings. The van der Waals surface area contributed by atoms with E-state index in [0.717, 1.165) is 36.4 Å². The van der Waals surface area contributed by atoms with Crippen molar-refractivity contribution in [1.29, 1.82) is 0 Å². The van der Waals surface area contributed by atoms with E-state index in [9.17, 15) is 81.9 Å². The fourth-order valence-corrected chi connectivity index (χ4v) is 8.58. The Morgan fingerprint density at radius 3 is 1.13 bits per heavy atom. The van der Waals surface area contributed by atoms with E-state index in [2.05, 4.69) is 67.1 Å². The number of hydrogen-bond acceptors (Lipinski definition) is 23. The molecule has 0 aliphatic carbocycles. The molecule has 408 valence electrons. The largest absolute Gasteiger partial charge is 0.504 e. The zero-order chi connectivity index (χ0) is 57.6. The fourth-order valence-electron chi connectivity index (χ4n) is 6.35. The molecule has 0 saturated heterocycles. The number of halogens is 1. The van der Waals surface area contributed by atoms with Gasteiger partial charge in [0.15, 0.2) is 11.5 Å². The molecule has 12 N–H and O–H groups in total. The molecule has 1 aromatic heterocycles. The van der Waals surface area contributed by atoms with Gasteiger partial charge in [-0.1, -0.05) is 60.7 Å². The normalized spacial score (nSPS) is 12.6. The van der Waals surface area contributed by atoms with E-state index in [1.165, 1.54) is 48.5 Å². The Labute approximate surface area is 448 Å². The molecule has 0 aliphatic rings. The van der Waals surface area contributed by atoms with Crippen molar-refractivity contribution >= 4 is 122 Å². The summed E-state index contributed by atoms with van der Waals surface area (Å²) in [5.74, 6) is -7.03. The van der Waals surface area contributed by atoms with Gasteiger partial charge in [-0.3, -0.25) is 29.1 Å². The SMILES string of the molecule is O=C(O)c1ccc(S(=O)(=O)O)cc1N/N=C(/N=Nc1cc(S(=O)(=O)O)cc(Nc2nc(Cl)nc(Nc3cc(S(=O)(=O)O)cc(N=N/C(=N/Nc4cc(S(=O)(=O)O)ccc4C(=O)O)c4ccccc4)c3O)n2)c1O)c1ccccc1. The highest BCUT2D eigenvalue weighted by atomic mass is 35.5. The highest BCUT2D eigenvalue weighted by Crippen LogP contribution is 2.41. The quantitative estimate of drug-likeness (QED) is 0.0103. The van der Waals surface area contributed by atoms with Crippen molar-refractivity contribution in [3.63, 3.8) is 0 Å². The highest BCUT2D eigenvalue weighted by Gasteiger charge is 2.23. The molecule has 31 nitrogen and oxygen atoms in total. The lowest BCUT2D eigenvalue weighted by atomic mass is 10.2. The maximum atomic E-state index is 12.5. The molecule has 79 heavy (non-hydrogen) atoms. The monoisotopic (exact) mass is 1180 g/mol. The van der Waals surface area contributed by atoms with E-state index in [1.807, 2.05) is 0 Å². The van der Waals surface area contributed by atoms with Crippen LogP contribution in [0.3, 0.4) is 0 Å². The minimum atomic E-state index is -5.15. The van der Waals surface area contributed by atoms with Crippen LogP contribution in [0.25, 0.3) is 0 Å². The van der Waals surface area contributed by atoms with Gasteiger partial charge in [0.1, 0.15) is 11.4 Å². The summed E-state index contributed by atoms with van der Waals surface area (Å²) >= 11 is 6.19. The third-order valence-electron chi connectivity index (χ3n) is 10.00. The molecule has 0 bridgehead atoms. The molecule has 0 spiro atoms. The number of amidine groups is 2. The average molecular weight is 1180 g/mol. The van der Waals surface area contributed by atoms with Crippen LogP contribution in [0.2, 0.25) is 5.28 Å². The van der Waals surface area contributed by atoms with Crippen molar-refractivity contribution in [2.75, 3.05) is 21.5 Å². The Morgan fingerprint density at radius 1 is 0.456 bits per heavy atom. The van der Waals surface area contributed by atoms with Crippen LogP contribution in [0.1, 0.15) is 31.8 Å². The Balaban J connectivity index is 1.24. The van der Waals surface area contributed by atoms with Crippen molar-refractivity contribution in [3.8, 4) is 11.5 Å². The topological polar surface area (TPSA) is 493 Å². The van der Waals surface area contributed by atoms with E-state index < -0.39 is 158 Å². The van der Waals surface area contributed by atoms with Crippen LogP contribution in [-0.2, 0) is 40.5 Å². The molecule has 0 unspecified atom stereocenters. The predicted molar refractivity (Wildman–Crippen MR) is 276 cm³/mol. The number of benzene rings is 6. The molecule has 7 rings (SSSR count). The van der Waals surface area contributed by atoms with Gasteiger partial charge < -0.3 is 31.1 Å². The second-order valence-corrected chi connectivity index (χ2v) is 21.4. The van der Waals surface area contributed by atoms with E-state index >= 15 is 0 Å². The van der Waals surface area contributed by atoms with Crippen molar-refractivity contribution in [2.45, 2.75) is 19.6 Å². The number of carbonyl (C=O) groups is 2. The fraction of sp³-hybridized carbons (Fsp3) is 0. The molecule has 0 atom stereocenters. The summed E-state index contributed by atoms with van der Waals surface area (Å²) in [6, 6.07) is 22.5. The molecule has 0 fully saturated rings. The summed E-state index contributed by atoms with van der Waals surface area (Å²) in [7, 11) is -20.0. The summed E-state index contributed by atoms with van der Waals surface area (Å²) < 4.78 is 137. The van der Waals surface area contributed by atoms with Crippen LogP contribution in [0.5, 0.6) is 11.5 Å². The van der Waals surface area contributed by atoms with E-state index in [-0.39, 0.29) is 11.1 Å². The second kappa shape index (κ2) is 23.0. The molecule has 0 amide bonds. The number of hydrogen-bond donors (Lipinski definition) is 12. The van der Waals surface area contributed by atoms with Gasteiger partial charge in [-0.25, -0.2) is 9.59 Å². The molecule has 6 aromatic carbocycles. The number of azo groups is 2. The molecular weight excluding hydrogens is 1150 g/mol. The third-order valence-corrected chi connectivity index (χ3v) is 13.5. The number of hydrazone groups is 2. The van der Waals surface area contributed by atoms with Crippen LogP contribution >= 0.6 is 11.6 Å². The molecule has 1 heterocycles. The standard InChI is InChI=1S/C43H32ClN13O18S4/c44-41-47-42(45-31-17-25(78(70,71)72)19-33(35(31)58)52-56-37(21-7-3-1-4-8-21)54-50-29-15-23(76(64,65)66)11-13-27(29)39(60)61)49-43(48-41)46-32-18-26(79(73,74)75)20-34(36(32)59)53-57-38(22-9-5-2-6-10-22)55-51-30-16-24(77(67,68)69)12-14-28(30)40(62)63/h1-20,50-51,58-59H,(H,60,61)(H,62,63)(H,64,65,66)(H,67,68,69)(H,70,71,72)(H,73,74,75)(H2,45,46,47,48,49)/b54-37+,55-38+,56-52?,57-53?. The average Bonchev–Trinajstić information content (AvgIpc) is 3.39. The maximum absolute atomic E-state index is 12.5. The zero-order valence-corrected chi connectivity index (χ0v) is 42.8. The third kappa shape index (κ3) is 14.5. The minimum Gasteiger partial charge on any atom is -0.504 e. The number of carboxylic acid groups (broad SMARTS) is 2. The van der Waals surface area contributed by atoms with Gasteiger partial charge in [0.25, 0.3) is 40.5 Å². The molecule has 0 radical (unpaired) electrons. The summed E-state index contributed by atoms with van der Waals surface area (Å²) in [4.78, 5) is 32.3. The van der Waals surface area contributed by atoms with Gasteiger partial charge >= 0.3 is 11.9 Å². The number of aromatic nitrogens is 3. The summed E-state index contributed by atoms with van der Waals surface area (Å²) in [6.07, 6.45) is 0. The lowest BCUT2D eigenvalue weighted by Gasteiger charge is -2.13. The molecule has 0 saturated carbocycles. The highest BCUT2D eigenvalue weighted by molar-refractivity contribution is 7.86. The van der Waals surface area contributed by atoms with Gasteiger partial charge in [-0.2, -0.15) is 58.8 Å². The van der Waals surface area contributed by atoms with E-state index in [1.54, 1.807) is 12.1 Å². The van der Waals surface area contributed by atoms with Gasteiger partial charge in [-0.15, -0.1) is 20.5 Å². The maximum Gasteiger partial charge on any atom is 0.337 e. The number of phenolic OH excluding ortho intramolecular Hbond substituents is 2. The molecule has 36 heteroatoms. The number of aromatic hydroxyl groups is 2. The van der Waals surface area contributed by atoms with Crippen molar-refractivity contribution in [1.82, 2.24) is 15.0 Å². The van der Waals surface area contributed by atoms with Crippen molar-refractivity contribution in [2.24, 2.45) is 30.7 Å². The van der Waals surface area contributed by atoms with E-state index in [0.29, 0.717) is 24.3 Å². The first kappa shape index (κ1) is 57.2. The van der Waals surface area contributed by atoms with Gasteiger partial charge in [0, 0.05) is 11.1 Å². The molecule has 0 aliphatic heterocycles. The minimum absolute atomic E-state index is 0.147. The predicted octanol–water partition coefficient (Wildman–Crippen LogP) is 6.92. The lowest BCUT2D eigenvalue weighted by Crippen LogP contribution is -2.08. The first-order valence-corrected chi connectivity index (χ1v) is 27.1. The Bertz CT molecular complexity index is 3930. The first-order chi connectivity index (χ1) is 37.0. The smallest absolute Gasteiger partial charge is 0.337 e. The Morgan fingerprint density at radius 2 is 0.797 bits per heavy atom. The van der Waals surface area contributed by atoms with Crippen molar-refractivity contribution in [3.05, 3.63) is 149 Å². The second-order valence-electron chi connectivity index (χ2n) is 15.3. The Hall–Kier alpha value is -9.46. The number of carboxylic acids is 2. The number of phenols is 2. The van der Waals surface area contributed by atoms with Crippen LogP contribution in [0.15, 0.2) is 172 Å². The van der Waals surface area contributed by atoms with Crippen molar-refractivity contribution < 1.29 is 81.9 Å². The number of rotatable bonds is 18. The Kier molecular flexibility index (Phi) is 16.7.